The van der Waals surface area contributed by atoms with Gasteiger partial charge >= 0.3 is 5.97 Å². The molecule has 0 saturated heterocycles. The molecular formula is C18H14BrN3O3. The maximum absolute atomic E-state index is 12.5. The molecule has 7 heteroatoms. The third kappa shape index (κ3) is 3.77. The number of ether oxygens (including phenoxy) is 1. The SMILES string of the molecule is COC(=O)c1ccc(C(=O)Nc2ccccc2-n2cc(Br)cn2)cc1. The normalized spacial score (nSPS) is 10.3. The van der Waals surface area contributed by atoms with Crippen LogP contribution < -0.4 is 5.32 Å². The van der Waals surface area contributed by atoms with Crippen molar-refractivity contribution < 1.29 is 14.3 Å². The Bertz CT molecular complexity index is 919. The number of carbonyl (C=O) groups excluding carboxylic acids is 2. The highest BCUT2D eigenvalue weighted by Crippen LogP contribution is 2.22. The van der Waals surface area contributed by atoms with Crippen molar-refractivity contribution in [3.8, 4) is 5.69 Å². The summed E-state index contributed by atoms with van der Waals surface area (Å²) in [4.78, 5) is 23.9. The summed E-state index contributed by atoms with van der Waals surface area (Å²) in [6.45, 7) is 0. The van der Waals surface area contributed by atoms with Crippen LogP contribution in [-0.2, 0) is 4.74 Å². The van der Waals surface area contributed by atoms with Crippen LogP contribution in [0.25, 0.3) is 5.69 Å². The van der Waals surface area contributed by atoms with E-state index in [1.165, 1.54) is 7.11 Å². The minimum absolute atomic E-state index is 0.282. The number of hydrogen-bond donors (Lipinski definition) is 1. The Morgan fingerprint density at radius 1 is 1.08 bits per heavy atom. The number of methoxy groups -OCH3 is 1. The van der Waals surface area contributed by atoms with Crippen molar-refractivity contribution in [2.75, 3.05) is 12.4 Å². The summed E-state index contributed by atoms with van der Waals surface area (Å²) in [6, 6.07) is 13.6. The first kappa shape index (κ1) is 16.9. The number of para-hydroxylation sites is 2. The molecule has 2 aromatic carbocycles. The minimum Gasteiger partial charge on any atom is -0.465 e. The highest BCUT2D eigenvalue weighted by Gasteiger charge is 2.12. The largest absolute Gasteiger partial charge is 0.465 e. The first-order valence-corrected chi connectivity index (χ1v) is 8.17. The zero-order chi connectivity index (χ0) is 17.8. The van der Waals surface area contributed by atoms with Gasteiger partial charge in [-0.05, 0) is 52.3 Å². The second-order valence-electron chi connectivity index (χ2n) is 5.14. The Morgan fingerprint density at radius 2 is 1.76 bits per heavy atom. The number of rotatable bonds is 4. The lowest BCUT2D eigenvalue weighted by molar-refractivity contribution is 0.0600. The van der Waals surface area contributed by atoms with E-state index in [4.69, 9.17) is 0 Å². The zero-order valence-corrected chi connectivity index (χ0v) is 14.9. The molecule has 1 N–H and O–H groups in total. The summed E-state index contributed by atoms with van der Waals surface area (Å²) in [6.07, 6.45) is 3.47. The van der Waals surface area contributed by atoms with Crippen LogP contribution in [0.2, 0.25) is 0 Å². The molecule has 1 heterocycles. The van der Waals surface area contributed by atoms with Gasteiger partial charge in [0.1, 0.15) is 0 Å². The Hall–Kier alpha value is -2.93. The average Bonchev–Trinajstić information content (AvgIpc) is 3.07. The summed E-state index contributed by atoms with van der Waals surface area (Å²) in [5.74, 6) is -0.725. The lowest BCUT2D eigenvalue weighted by Crippen LogP contribution is -2.14. The van der Waals surface area contributed by atoms with Crippen molar-refractivity contribution in [3.05, 3.63) is 76.5 Å². The molecule has 3 aromatic rings. The van der Waals surface area contributed by atoms with Crippen LogP contribution in [0.3, 0.4) is 0 Å². The van der Waals surface area contributed by atoms with E-state index in [1.807, 2.05) is 18.2 Å². The molecule has 0 aliphatic rings. The van der Waals surface area contributed by atoms with E-state index in [2.05, 4.69) is 31.1 Å². The van der Waals surface area contributed by atoms with E-state index in [-0.39, 0.29) is 5.91 Å². The Labute approximate surface area is 152 Å². The highest BCUT2D eigenvalue weighted by molar-refractivity contribution is 9.10. The number of aromatic nitrogens is 2. The fourth-order valence-electron chi connectivity index (χ4n) is 2.28. The van der Waals surface area contributed by atoms with Crippen molar-refractivity contribution in [2.45, 2.75) is 0 Å². The number of carbonyl (C=O) groups is 2. The third-order valence-electron chi connectivity index (χ3n) is 3.52. The van der Waals surface area contributed by atoms with Crippen molar-refractivity contribution in [3.63, 3.8) is 0 Å². The highest BCUT2D eigenvalue weighted by atomic mass is 79.9. The van der Waals surface area contributed by atoms with Gasteiger partial charge in [-0.3, -0.25) is 4.79 Å². The molecule has 0 saturated carbocycles. The fourth-order valence-corrected chi connectivity index (χ4v) is 2.57. The van der Waals surface area contributed by atoms with Crippen LogP contribution in [0, 0.1) is 0 Å². The predicted molar refractivity (Wildman–Crippen MR) is 97.0 cm³/mol. The first-order valence-electron chi connectivity index (χ1n) is 7.38. The van der Waals surface area contributed by atoms with E-state index in [9.17, 15) is 9.59 Å². The van der Waals surface area contributed by atoms with Gasteiger partial charge < -0.3 is 10.1 Å². The van der Waals surface area contributed by atoms with E-state index in [0.29, 0.717) is 16.8 Å². The second-order valence-corrected chi connectivity index (χ2v) is 6.06. The van der Waals surface area contributed by atoms with Crippen molar-refractivity contribution in [2.24, 2.45) is 0 Å². The lowest BCUT2D eigenvalue weighted by atomic mass is 10.1. The van der Waals surface area contributed by atoms with Gasteiger partial charge in [-0.1, -0.05) is 12.1 Å². The number of nitrogens with one attached hydrogen (secondary N) is 1. The number of anilines is 1. The molecule has 0 atom stereocenters. The molecule has 25 heavy (non-hydrogen) atoms. The molecule has 0 aliphatic heterocycles. The van der Waals surface area contributed by atoms with Gasteiger partial charge in [0.25, 0.3) is 5.91 Å². The molecule has 1 amide bonds. The minimum atomic E-state index is -0.443. The number of amides is 1. The number of esters is 1. The van der Waals surface area contributed by atoms with Gasteiger partial charge in [0.05, 0.1) is 34.7 Å². The Morgan fingerprint density at radius 3 is 2.40 bits per heavy atom. The average molecular weight is 400 g/mol. The standard InChI is InChI=1S/C18H14BrN3O3/c1-25-18(24)13-8-6-12(7-9-13)17(23)21-15-4-2-3-5-16(15)22-11-14(19)10-20-22/h2-11H,1H3,(H,21,23). The summed E-state index contributed by atoms with van der Waals surface area (Å²) >= 11 is 3.36. The third-order valence-corrected chi connectivity index (χ3v) is 3.93. The maximum Gasteiger partial charge on any atom is 0.337 e. The van der Waals surface area contributed by atoms with Crippen molar-refractivity contribution >= 4 is 33.5 Å². The molecule has 0 bridgehead atoms. The van der Waals surface area contributed by atoms with E-state index in [1.54, 1.807) is 47.4 Å². The zero-order valence-electron chi connectivity index (χ0n) is 13.3. The van der Waals surface area contributed by atoms with Gasteiger partial charge in [0.2, 0.25) is 0 Å². The van der Waals surface area contributed by atoms with Crippen LogP contribution in [0.5, 0.6) is 0 Å². The van der Waals surface area contributed by atoms with Crippen LogP contribution in [0.4, 0.5) is 5.69 Å². The van der Waals surface area contributed by atoms with Crippen molar-refractivity contribution in [1.29, 1.82) is 0 Å². The number of halogens is 1. The van der Waals surface area contributed by atoms with Gasteiger partial charge in [-0.15, -0.1) is 0 Å². The van der Waals surface area contributed by atoms with Crippen molar-refractivity contribution in [1.82, 2.24) is 9.78 Å². The first-order chi connectivity index (χ1) is 12.1. The van der Waals surface area contributed by atoms with E-state index in [0.717, 1.165) is 10.2 Å². The number of nitrogens with zero attached hydrogens (tertiary/aromatic N) is 2. The summed E-state index contributed by atoms with van der Waals surface area (Å²) < 4.78 is 7.15. The van der Waals surface area contributed by atoms with Crippen LogP contribution in [-0.4, -0.2) is 28.8 Å². The summed E-state index contributed by atoms with van der Waals surface area (Å²) in [7, 11) is 1.31. The number of benzene rings is 2. The molecule has 0 spiro atoms. The quantitative estimate of drug-likeness (QED) is 0.679. The molecule has 0 fully saturated rings. The van der Waals surface area contributed by atoms with Crippen LogP contribution in [0.15, 0.2) is 65.4 Å². The molecule has 1 aromatic heterocycles. The molecule has 0 unspecified atom stereocenters. The van der Waals surface area contributed by atoms with Gasteiger partial charge in [-0.25, -0.2) is 9.48 Å². The molecule has 126 valence electrons. The smallest absolute Gasteiger partial charge is 0.337 e. The molecule has 0 radical (unpaired) electrons. The number of hydrogen-bond acceptors (Lipinski definition) is 4. The fraction of sp³-hybridized carbons (Fsp3) is 0.0556. The van der Waals surface area contributed by atoms with Crippen LogP contribution in [0.1, 0.15) is 20.7 Å². The Balaban J connectivity index is 1.83. The van der Waals surface area contributed by atoms with E-state index < -0.39 is 5.97 Å². The topological polar surface area (TPSA) is 73.2 Å². The molecule has 6 nitrogen and oxygen atoms in total. The van der Waals surface area contributed by atoms with Gasteiger partial charge in [0, 0.05) is 11.8 Å². The van der Waals surface area contributed by atoms with Gasteiger partial charge in [-0.2, -0.15) is 5.10 Å². The second kappa shape index (κ2) is 7.31. The monoisotopic (exact) mass is 399 g/mol. The molecule has 3 rings (SSSR count). The maximum atomic E-state index is 12.5. The Kier molecular flexibility index (Phi) is 4.95. The summed E-state index contributed by atoms with van der Waals surface area (Å²) in [5, 5.41) is 7.10. The molecule has 0 aliphatic carbocycles. The summed E-state index contributed by atoms with van der Waals surface area (Å²) in [5.41, 5.74) is 2.19. The molecular weight excluding hydrogens is 386 g/mol. The van der Waals surface area contributed by atoms with Gasteiger partial charge in [0.15, 0.2) is 0 Å². The van der Waals surface area contributed by atoms with Crippen LogP contribution >= 0.6 is 15.9 Å². The van der Waals surface area contributed by atoms with E-state index >= 15 is 0 Å². The predicted octanol–water partition coefficient (Wildman–Crippen LogP) is 3.67. The lowest BCUT2D eigenvalue weighted by Gasteiger charge is -2.11.